The minimum Gasteiger partial charge on any atom is -0.491 e. The van der Waals surface area contributed by atoms with Crippen LogP contribution in [0.4, 0.5) is 14.5 Å². The van der Waals surface area contributed by atoms with Crippen LogP contribution in [0.25, 0.3) is 0 Å². The fourth-order valence-electron chi connectivity index (χ4n) is 2.06. The van der Waals surface area contributed by atoms with Gasteiger partial charge in [-0.15, -0.1) is 0 Å². The lowest BCUT2D eigenvalue weighted by molar-refractivity contribution is -0.127. The summed E-state index contributed by atoms with van der Waals surface area (Å²) >= 11 is 0. The number of hydrogen-bond donors (Lipinski definition) is 1. The second kappa shape index (κ2) is 5.86. The van der Waals surface area contributed by atoms with Crippen LogP contribution in [0.5, 0.6) is 5.75 Å². The molecule has 1 amide bonds. The van der Waals surface area contributed by atoms with Gasteiger partial charge in [0.25, 0.3) is 0 Å². The van der Waals surface area contributed by atoms with Crippen molar-refractivity contribution in [2.24, 2.45) is 0 Å². The van der Waals surface area contributed by atoms with Crippen molar-refractivity contribution >= 4 is 11.6 Å². The van der Waals surface area contributed by atoms with E-state index >= 15 is 0 Å². The molecule has 0 atom stereocenters. The van der Waals surface area contributed by atoms with Crippen molar-refractivity contribution in [3.63, 3.8) is 0 Å². The quantitative estimate of drug-likeness (QED) is 0.657. The SMILES string of the molecule is Nc1c(F)cc(F)cc1OCCCN1CCCC1=O. The van der Waals surface area contributed by atoms with Gasteiger partial charge in [-0.05, 0) is 12.8 Å². The average molecular weight is 270 g/mol. The molecule has 1 saturated heterocycles. The summed E-state index contributed by atoms with van der Waals surface area (Å²) in [5.41, 5.74) is 5.25. The number of likely N-dealkylation sites (tertiary alicyclic amines) is 1. The largest absolute Gasteiger partial charge is 0.491 e. The van der Waals surface area contributed by atoms with Gasteiger partial charge in [0.1, 0.15) is 17.3 Å². The minimum atomic E-state index is -0.829. The van der Waals surface area contributed by atoms with Crippen LogP contribution in [0.2, 0.25) is 0 Å². The van der Waals surface area contributed by atoms with Crippen LogP contribution < -0.4 is 10.5 Å². The molecule has 0 radical (unpaired) electrons. The van der Waals surface area contributed by atoms with Gasteiger partial charge in [-0.1, -0.05) is 0 Å². The summed E-state index contributed by atoms with van der Waals surface area (Å²) in [7, 11) is 0. The summed E-state index contributed by atoms with van der Waals surface area (Å²) in [6.45, 7) is 1.63. The Morgan fingerprint density at radius 1 is 1.37 bits per heavy atom. The number of ether oxygens (including phenoxy) is 1. The fraction of sp³-hybridized carbons (Fsp3) is 0.462. The molecule has 1 fully saturated rings. The van der Waals surface area contributed by atoms with Crippen molar-refractivity contribution in [1.29, 1.82) is 0 Å². The Hall–Kier alpha value is -1.85. The number of carbonyl (C=O) groups excluding carboxylic acids is 1. The van der Waals surface area contributed by atoms with Crippen LogP contribution in [0.15, 0.2) is 12.1 Å². The van der Waals surface area contributed by atoms with Gasteiger partial charge in [-0.25, -0.2) is 8.78 Å². The lowest BCUT2D eigenvalue weighted by Gasteiger charge is -2.15. The maximum absolute atomic E-state index is 13.1. The maximum Gasteiger partial charge on any atom is 0.222 e. The predicted octanol–water partition coefficient (Wildman–Crippen LogP) is 1.94. The third-order valence-corrected chi connectivity index (χ3v) is 3.06. The van der Waals surface area contributed by atoms with Crippen molar-refractivity contribution in [2.45, 2.75) is 19.3 Å². The van der Waals surface area contributed by atoms with Gasteiger partial charge in [0, 0.05) is 31.6 Å². The number of rotatable bonds is 5. The number of benzene rings is 1. The van der Waals surface area contributed by atoms with E-state index in [9.17, 15) is 13.6 Å². The van der Waals surface area contributed by atoms with Crippen molar-refractivity contribution in [2.75, 3.05) is 25.4 Å². The number of hydrogen-bond acceptors (Lipinski definition) is 3. The predicted molar refractivity (Wildman–Crippen MR) is 66.7 cm³/mol. The molecule has 1 aliphatic heterocycles. The summed E-state index contributed by atoms with van der Waals surface area (Å²) in [6, 6.07) is 1.77. The number of amides is 1. The second-order valence-electron chi connectivity index (χ2n) is 4.49. The normalized spacial score (nSPS) is 15.1. The first-order valence-corrected chi connectivity index (χ1v) is 6.23. The molecule has 2 N–H and O–H groups in total. The van der Waals surface area contributed by atoms with Crippen LogP contribution >= 0.6 is 0 Å². The van der Waals surface area contributed by atoms with Gasteiger partial charge >= 0.3 is 0 Å². The van der Waals surface area contributed by atoms with Gasteiger partial charge in [-0.3, -0.25) is 4.79 Å². The number of nitrogens with two attached hydrogens (primary N) is 1. The van der Waals surface area contributed by atoms with E-state index in [1.54, 1.807) is 4.90 Å². The smallest absolute Gasteiger partial charge is 0.222 e. The van der Waals surface area contributed by atoms with Crippen molar-refractivity contribution < 1.29 is 18.3 Å². The van der Waals surface area contributed by atoms with Crippen molar-refractivity contribution in [3.8, 4) is 5.75 Å². The summed E-state index contributed by atoms with van der Waals surface area (Å²) in [4.78, 5) is 13.1. The Bertz CT molecular complexity index is 480. The highest BCUT2D eigenvalue weighted by atomic mass is 19.1. The molecular formula is C13H16F2N2O2. The molecule has 0 aliphatic carbocycles. The van der Waals surface area contributed by atoms with E-state index in [1.165, 1.54) is 0 Å². The third-order valence-electron chi connectivity index (χ3n) is 3.06. The van der Waals surface area contributed by atoms with Gasteiger partial charge < -0.3 is 15.4 Å². The van der Waals surface area contributed by atoms with E-state index in [1.807, 2.05) is 0 Å². The van der Waals surface area contributed by atoms with Crippen molar-refractivity contribution in [1.82, 2.24) is 4.90 Å². The lowest BCUT2D eigenvalue weighted by atomic mass is 10.2. The zero-order valence-corrected chi connectivity index (χ0v) is 10.5. The lowest BCUT2D eigenvalue weighted by Crippen LogP contribution is -2.26. The maximum atomic E-state index is 13.1. The Morgan fingerprint density at radius 2 is 2.16 bits per heavy atom. The molecule has 1 aliphatic rings. The fourth-order valence-corrected chi connectivity index (χ4v) is 2.06. The van der Waals surface area contributed by atoms with E-state index in [4.69, 9.17) is 10.5 Å². The van der Waals surface area contributed by atoms with E-state index in [0.717, 1.165) is 19.0 Å². The highest BCUT2D eigenvalue weighted by molar-refractivity contribution is 5.77. The monoisotopic (exact) mass is 270 g/mol. The zero-order valence-electron chi connectivity index (χ0n) is 10.5. The molecule has 19 heavy (non-hydrogen) atoms. The molecule has 1 aromatic carbocycles. The van der Waals surface area contributed by atoms with Crippen molar-refractivity contribution in [3.05, 3.63) is 23.8 Å². The Kier molecular flexibility index (Phi) is 4.19. The molecule has 104 valence electrons. The highest BCUT2D eigenvalue weighted by Gasteiger charge is 2.19. The summed E-state index contributed by atoms with van der Waals surface area (Å²) < 4.78 is 31.4. The first kappa shape index (κ1) is 13.6. The molecule has 0 aromatic heterocycles. The van der Waals surface area contributed by atoms with E-state index in [0.29, 0.717) is 25.5 Å². The number of nitrogen functional groups attached to an aromatic ring is 1. The van der Waals surface area contributed by atoms with E-state index < -0.39 is 11.6 Å². The van der Waals surface area contributed by atoms with Gasteiger partial charge in [0.15, 0.2) is 5.82 Å². The van der Waals surface area contributed by atoms with Gasteiger partial charge in [0.05, 0.1) is 6.61 Å². The number of halogens is 2. The molecule has 4 nitrogen and oxygen atoms in total. The second-order valence-corrected chi connectivity index (χ2v) is 4.49. The standard InChI is InChI=1S/C13H16F2N2O2/c14-9-7-10(15)13(16)11(8-9)19-6-2-5-17-4-1-3-12(17)18/h7-8H,1-6,16H2. The summed E-state index contributed by atoms with van der Waals surface area (Å²) in [5, 5.41) is 0. The zero-order chi connectivity index (χ0) is 13.8. The number of nitrogens with zero attached hydrogens (tertiary/aromatic N) is 1. The molecule has 0 unspecified atom stereocenters. The number of carbonyl (C=O) groups is 1. The van der Waals surface area contributed by atoms with Gasteiger partial charge in [-0.2, -0.15) is 0 Å². The van der Waals surface area contributed by atoms with E-state index in [-0.39, 0.29) is 24.0 Å². The Labute approximate surface area is 110 Å². The van der Waals surface area contributed by atoms with Crippen LogP contribution in [0.1, 0.15) is 19.3 Å². The van der Waals surface area contributed by atoms with E-state index in [2.05, 4.69) is 0 Å². The Balaban J connectivity index is 1.81. The molecule has 0 saturated carbocycles. The van der Waals surface area contributed by atoms with Crippen LogP contribution in [0, 0.1) is 11.6 Å². The molecule has 2 rings (SSSR count). The summed E-state index contributed by atoms with van der Waals surface area (Å²) in [6.07, 6.45) is 2.09. The van der Waals surface area contributed by atoms with Crippen LogP contribution in [-0.4, -0.2) is 30.5 Å². The van der Waals surface area contributed by atoms with Crippen LogP contribution in [0.3, 0.4) is 0 Å². The molecule has 0 bridgehead atoms. The molecule has 0 spiro atoms. The first-order valence-electron chi connectivity index (χ1n) is 6.23. The Morgan fingerprint density at radius 3 is 2.84 bits per heavy atom. The molecule has 6 heteroatoms. The summed E-state index contributed by atoms with van der Waals surface area (Å²) in [5.74, 6) is -1.40. The minimum absolute atomic E-state index is 0.00486. The van der Waals surface area contributed by atoms with Crippen LogP contribution in [-0.2, 0) is 4.79 Å². The highest BCUT2D eigenvalue weighted by Crippen LogP contribution is 2.25. The molecular weight excluding hydrogens is 254 g/mol. The number of anilines is 1. The molecule has 1 aromatic rings. The third kappa shape index (κ3) is 3.33. The average Bonchev–Trinajstić information content (AvgIpc) is 2.76. The topological polar surface area (TPSA) is 55.6 Å². The molecule has 1 heterocycles. The van der Waals surface area contributed by atoms with Gasteiger partial charge in [0.2, 0.25) is 5.91 Å². The first-order chi connectivity index (χ1) is 9.08.